The SMILES string of the molecule is CCCCCCC/C=C\C/C=C\CCCCCCCCCCCCOCC(COC1OC(CO)C(O)C(OS(=O)(=O)O)C1O)OC(=O)CCCCCCCCCCCCCCCCCC. The zero-order valence-corrected chi connectivity index (χ0v) is 42.1. The summed E-state index contributed by atoms with van der Waals surface area (Å²) in [7, 11) is -5.06. The Bertz CT molecular complexity index is 1230. The highest BCUT2D eigenvalue weighted by atomic mass is 32.3. The summed E-state index contributed by atoms with van der Waals surface area (Å²) in [6, 6.07) is 0. The zero-order valence-electron chi connectivity index (χ0n) is 41.3. The van der Waals surface area contributed by atoms with Gasteiger partial charge in [-0.25, -0.2) is 4.18 Å². The minimum absolute atomic E-state index is 0.0383. The molecule has 1 heterocycles. The maximum Gasteiger partial charge on any atom is 0.397 e. The monoisotopic (exact) mass is 947 g/mol. The minimum Gasteiger partial charge on any atom is -0.457 e. The third-order valence-corrected chi connectivity index (χ3v) is 12.8. The summed E-state index contributed by atoms with van der Waals surface area (Å²) in [4.78, 5) is 12.9. The summed E-state index contributed by atoms with van der Waals surface area (Å²) in [6.45, 7) is 4.02. The molecule has 0 spiro atoms. The molecule has 1 aliphatic heterocycles. The molecule has 0 radical (unpaired) electrons. The second kappa shape index (κ2) is 43.8. The summed E-state index contributed by atoms with van der Waals surface area (Å²) < 4.78 is 59.3. The first kappa shape index (κ1) is 61.6. The van der Waals surface area contributed by atoms with Crippen LogP contribution in [0.2, 0.25) is 0 Å². The number of ether oxygens (including phenoxy) is 4. The van der Waals surface area contributed by atoms with Crippen molar-refractivity contribution in [2.24, 2.45) is 0 Å². The Morgan fingerprint density at radius 1 is 0.585 bits per heavy atom. The number of aliphatic hydroxyl groups is 3. The van der Waals surface area contributed by atoms with E-state index in [1.165, 1.54) is 167 Å². The van der Waals surface area contributed by atoms with Gasteiger partial charge in [0.05, 0.1) is 19.8 Å². The third kappa shape index (κ3) is 37.2. The summed E-state index contributed by atoms with van der Waals surface area (Å²) in [5, 5.41) is 30.8. The van der Waals surface area contributed by atoms with E-state index in [4.69, 9.17) is 18.9 Å². The standard InChI is InChI=1S/C52H98O12S/c1-3-5-7-9-11-13-15-17-19-21-22-23-24-25-26-28-30-32-34-36-38-40-42-60-44-46(45-61-52-50(56)51(64-65(57,58)59)49(55)47(43-53)63-52)62-48(54)41-39-37-35-33-31-29-27-20-18-16-14-12-10-8-6-4-2/h15,17,21-22,46-47,49-53,55-56H,3-14,16,18-20,23-45H2,1-2H3,(H,57,58,59)/b17-15-,22-21-. The zero-order chi connectivity index (χ0) is 47.5. The van der Waals surface area contributed by atoms with Crippen LogP contribution < -0.4 is 0 Å². The molecule has 65 heavy (non-hydrogen) atoms. The Morgan fingerprint density at radius 2 is 1.02 bits per heavy atom. The number of unbranched alkanes of at least 4 members (excludes halogenated alkanes) is 30. The summed E-state index contributed by atoms with van der Waals surface area (Å²) in [5.74, 6) is -0.396. The van der Waals surface area contributed by atoms with Crippen molar-refractivity contribution in [1.82, 2.24) is 0 Å². The number of hydrogen-bond acceptors (Lipinski definition) is 11. The molecule has 6 unspecified atom stereocenters. The van der Waals surface area contributed by atoms with Gasteiger partial charge in [0.1, 0.15) is 30.5 Å². The van der Waals surface area contributed by atoms with Crippen molar-refractivity contribution in [2.45, 2.75) is 275 Å². The number of esters is 1. The average Bonchev–Trinajstić information content (AvgIpc) is 3.28. The van der Waals surface area contributed by atoms with Crippen LogP contribution in [-0.4, -0.2) is 97.5 Å². The maximum absolute atomic E-state index is 12.9. The van der Waals surface area contributed by atoms with Crippen molar-refractivity contribution in [1.29, 1.82) is 0 Å². The van der Waals surface area contributed by atoms with Crippen LogP contribution in [0.4, 0.5) is 0 Å². The quantitative estimate of drug-likeness (QED) is 0.0197. The van der Waals surface area contributed by atoms with Crippen LogP contribution in [-0.2, 0) is 38.3 Å². The molecule has 12 nitrogen and oxygen atoms in total. The fourth-order valence-corrected chi connectivity index (χ4v) is 8.80. The smallest absolute Gasteiger partial charge is 0.397 e. The van der Waals surface area contributed by atoms with Crippen molar-refractivity contribution in [3.8, 4) is 0 Å². The van der Waals surface area contributed by atoms with E-state index in [0.717, 1.165) is 44.9 Å². The molecule has 13 heteroatoms. The molecule has 0 bridgehead atoms. The topological polar surface area (TPSA) is 178 Å². The molecule has 0 aromatic heterocycles. The van der Waals surface area contributed by atoms with Crippen LogP contribution >= 0.6 is 0 Å². The fourth-order valence-electron chi connectivity index (χ4n) is 8.29. The van der Waals surface area contributed by atoms with E-state index in [9.17, 15) is 33.1 Å². The van der Waals surface area contributed by atoms with Crippen molar-refractivity contribution in [2.75, 3.05) is 26.4 Å². The van der Waals surface area contributed by atoms with Gasteiger partial charge in [-0.1, -0.05) is 212 Å². The largest absolute Gasteiger partial charge is 0.457 e. The van der Waals surface area contributed by atoms with E-state index in [-0.39, 0.29) is 19.6 Å². The first-order valence-electron chi connectivity index (χ1n) is 26.6. The fraction of sp³-hybridized carbons (Fsp3) is 0.904. The molecule has 0 aromatic rings. The molecule has 0 aromatic carbocycles. The third-order valence-electron chi connectivity index (χ3n) is 12.3. The predicted octanol–water partition coefficient (Wildman–Crippen LogP) is 12.4. The van der Waals surface area contributed by atoms with Crippen LogP contribution in [0, 0.1) is 0 Å². The lowest BCUT2D eigenvalue weighted by Gasteiger charge is -2.41. The Labute approximate surface area is 397 Å². The van der Waals surface area contributed by atoms with Crippen molar-refractivity contribution >= 4 is 16.4 Å². The second-order valence-corrected chi connectivity index (χ2v) is 19.5. The first-order valence-corrected chi connectivity index (χ1v) is 28.0. The second-order valence-electron chi connectivity index (χ2n) is 18.5. The van der Waals surface area contributed by atoms with E-state index in [0.29, 0.717) is 13.0 Å². The first-order chi connectivity index (χ1) is 31.6. The number of rotatable bonds is 47. The molecule has 6 atom stereocenters. The molecule has 384 valence electrons. The molecule has 0 amide bonds. The highest BCUT2D eigenvalue weighted by Gasteiger charge is 2.48. The molecular formula is C52H98O12S. The molecule has 4 N–H and O–H groups in total. The molecule has 1 aliphatic rings. The van der Waals surface area contributed by atoms with Crippen LogP contribution in [0.15, 0.2) is 24.3 Å². The van der Waals surface area contributed by atoms with E-state index < -0.39 is 59.8 Å². The number of allylic oxidation sites excluding steroid dienone is 4. The van der Waals surface area contributed by atoms with Crippen molar-refractivity contribution < 1.29 is 56.2 Å². The van der Waals surface area contributed by atoms with Gasteiger partial charge in [0, 0.05) is 13.0 Å². The van der Waals surface area contributed by atoms with Crippen LogP contribution in [0.3, 0.4) is 0 Å². The van der Waals surface area contributed by atoms with Crippen LogP contribution in [0.1, 0.15) is 239 Å². The van der Waals surface area contributed by atoms with E-state index >= 15 is 0 Å². The van der Waals surface area contributed by atoms with Crippen LogP contribution in [0.5, 0.6) is 0 Å². The molecule has 1 rings (SSSR count). The summed E-state index contributed by atoms with van der Waals surface area (Å²) in [5.41, 5.74) is 0. The Balaban J connectivity index is 2.33. The highest BCUT2D eigenvalue weighted by molar-refractivity contribution is 7.80. The number of carbonyl (C=O) groups is 1. The lowest BCUT2D eigenvalue weighted by atomic mass is 9.99. The Kier molecular flexibility index (Phi) is 41.5. The Hall–Kier alpha value is -1.42. The van der Waals surface area contributed by atoms with Crippen molar-refractivity contribution in [3.63, 3.8) is 0 Å². The lowest BCUT2D eigenvalue weighted by molar-refractivity contribution is -0.301. The minimum atomic E-state index is -5.06. The summed E-state index contributed by atoms with van der Waals surface area (Å²) >= 11 is 0. The van der Waals surface area contributed by atoms with Gasteiger partial charge in [0.2, 0.25) is 0 Å². The van der Waals surface area contributed by atoms with Gasteiger partial charge in [-0.15, -0.1) is 0 Å². The van der Waals surface area contributed by atoms with E-state index in [1.807, 2.05) is 0 Å². The highest BCUT2D eigenvalue weighted by Crippen LogP contribution is 2.26. The molecule has 0 aliphatic carbocycles. The van der Waals surface area contributed by atoms with Crippen molar-refractivity contribution in [3.05, 3.63) is 24.3 Å². The van der Waals surface area contributed by atoms with E-state index in [1.54, 1.807) is 0 Å². The van der Waals surface area contributed by atoms with Gasteiger partial charge in [-0.05, 0) is 44.9 Å². The number of hydrogen-bond donors (Lipinski definition) is 4. The molecule has 0 saturated carbocycles. The molecule has 1 fully saturated rings. The van der Waals surface area contributed by atoms with Gasteiger partial charge in [0.15, 0.2) is 6.29 Å². The normalized spacial score (nSPS) is 19.8. The van der Waals surface area contributed by atoms with E-state index in [2.05, 4.69) is 42.3 Å². The lowest BCUT2D eigenvalue weighted by Crippen LogP contribution is -2.60. The summed E-state index contributed by atoms with van der Waals surface area (Å²) in [6.07, 6.45) is 42.1. The van der Waals surface area contributed by atoms with Gasteiger partial charge in [0.25, 0.3) is 0 Å². The Morgan fingerprint density at radius 3 is 1.46 bits per heavy atom. The van der Waals surface area contributed by atoms with Gasteiger partial charge in [-0.2, -0.15) is 8.42 Å². The molecular weight excluding hydrogens is 849 g/mol. The number of carbonyl (C=O) groups excluding carboxylic acids is 1. The van der Waals surface area contributed by atoms with Gasteiger partial charge < -0.3 is 34.3 Å². The van der Waals surface area contributed by atoms with Crippen LogP contribution in [0.25, 0.3) is 0 Å². The molecule has 1 saturated heterocycles. The number of aliphatic hydroxyl groups excluding tert-OH is 3. The van der Waals surface area contributed by atoms with Gasteiger partial charge in [-0.3, -0.25) is 9.35 Å². The predicted molar refractivity (Wildman–Crippen MR) is 262 cm³/mol. The maximum atomic E-state index is 12.9. The van der Waals surface area contributed by atoms with Gasteiger partial charge >= 0.3 is 16.4 Å². The average molecular weight is 947 g/mol.